The van der Waals surface area contributed by atoms with Crippen LogP contribution in [0, 0.1) is 11.3 Å². The first-order valence-electron chi connectivity index (χ1n) is 5.87. The van der Waals surface area contributed by atoms with E-state index in [1.807, 2.05) is 26.2 Å². The van der Waals surface area contributed by atoms with Crippen molar-refractivity contribution in [2.24, 2.45) is 14.1 Å². The van der Waals surface area contributed by atoms with Crippen LogP contribution in [0.15, 0.2) is 24.7 Å². The lowest BCUT2D eigenvalue weighted by Crippen LogP contribution is -2.27. The van der Waals surface area contributed by atoms with E-state index in [4.69, 9.17) is 5.26 Å². The molecule has 0 fully saturated rings. The van der Waals surface area contributed by atoms with Crippen LogP contribution in [0.1, 0.15) is 34.6 Å². The molecule has 2 aromatic heterocycles. The van der Waals surface area contributed by atoms with E-state index in [2.05, 4.69) is 10.4 Å². The summed E-state index contributed by atoms with van der Waals surface area (Å²) in [5, 5.41) is 15.8. The molecule has 0 bridgehead atoms. The van der Waals surface area contributed by atoms with E-state index < -0.39 is 0 Å². The monoisotopic (exact) mass is 257 g/mol. The molecule has 0 aliphatic rings. The van der Waals surface area contributed by atoms with E-state index in [-0.39, 0.29) is 11.9 Å². The van der Waals surface area contributed by atoms with Crippen LogP contribution >= 0.6 is 0 Å². The zero-order chi connectivity index (χ0) is 14.0. The molecule has 6 nitrogen and oxygen atoms in total. The van der Waals surface area contributed by atoms with Gasteiger partial charge >= 0.3 is 0 Å². The van der Waals surface area contributed by atoms with Crippen LogP contribution in [0.2, 0.25) is 0 Å². The fraction of sp³-hybridized carbons (Fsp3) is 0.308. The first kappa shape index (κ1) is 12.9. The molecular weight excluding hydrogens is 242 g/mol. The quantitative estimate of drug-likeness (QED) is 0.895. The Morgan fingerprint density at radius 1 is 1.47 bits per heavy atom. The summed E-state index contributed by atoms with van der Waals surface area (Å²) in [6.45, 7) is 1.89. The Balaban J connectivity index is 2.13. The number of aryl methyl sites for hydroxylation is 2. The average Bonchev–Trinajstić information content (AvgIpc) is 2.95. The van der Waals surface area contributed by atoms with E-state index in [1.165, 1.54) is 0 Å². The van der Waals surface area contributed by atoms with E-state index in [0.717, 1.165) is 5.56 Å². The van der Waals surface area contributed by atoms with Gasteiger partial charge in [0.15, 0.2) is 0 Å². The molecule has 2 rings (SSSR count). The summed E-state index contributed by atoms with van der Waals surface area (Å²) in [6, 6.07) is 3.45. The predicted octanol–water partition coefficient (Wildman–Crippen LogP) is 1.12. The summed E-state index contributed by atoms with van der Waals surface area (Å²) in [5.41, 5.74) is 1.87. The second-order valence-electron chi connectivity index (χ2n) is 4.48. The molecule has 0 aliphatic carbocycles. The molecule has 0 aromatic carbocycles. The molecule has 1 amide bonds. The van der Waals surface area contributed by atoms with Gasteiger partial charge < -0.3 is 9.88 Å². The maximum absolute atomic E-state index is 12.1. The van der Waals surface area contributed by atoms with Gasteiger partial charge in [-0.25, -0.2) is 0 Å². The third-order valence-electron chi connectivity index (χ3n) is 2.94. The molecule has 0 saturated heterocycles. The Morgan fingerprint density at radius 3 is 2.74 bits per heavy atom. The molecule has 6 heteroatoms. The summed E-state index contributed by atoms with van der Waals surface area (Å²) < 4.78 is 3.33. The van der Waals surface area contributed by atoms with E-state index in [0.29, 0.717) is 11.3 Å². The molecular formula is C13H15N5O. The van der Waals surface area contributed by atoms with Gasteiger partial charge in [0.1, 0.15) is 11.8 Å². The highest BCUT2D eigenvalue weighted by atomic mass is 16.2. The fourth-order valence-electron chi connectivity index (χ4n) is 1.87. The molecule has 2 aromatic rings. The van der Waals surface area contributed by atoms with Gasteiger partial charge in [0, 0.05) is 32.1 Å². The number of aromatic nitrogens is 3. The minimum Gasteiger partial charge on any atom is -0.345 e. The topological polar surface area (TPSA) is 75.6 Å². The number of hydrogen-bond acceptors (Lipinski definition) is 3. The number of nitrogens with zero attached hydrogens (tertiary/aromatic N) is 4. The number of nitriles is 1. The number of nitrogens with one attached hydrogen (secondary N) is 1. The van der Waals surface area contributed by atoms with Gasteiger partial charge in [0.25, 0.3) is 5.91 Å². The van der Waals surface area contributed by atoms with Crippen molar-refractivity contribution >= 4 is 5.91 Å². The Kier molecular flexibility index (Phi) is 3.38. The van der Waals surface area contributed by atoms with Gasteiger partial charge in [-0.05, 0) is 13.0 Å². The van der Waals surface area contributed by atoms with Crippen molar-refractivity contribution < 1.29 is 4.79 Å². The van der Waals surface area contributed by atoms with Crippen LogP contribution in [0.3, 0.4) is 0 Å². The summed E-state index contributed by atoms with van der Waals surface area (Å²) in [5.74, 6) is -0.208. The molecule has 1 unspecified atom stereocenters. The average molecular weight is 257 g/mol. The van der Waals surface area contributed by atoms with Crippen LogP contribution in [0.5, 0.6) is 0 Å². The molecule has 98 valence electrons. The zero-order valence-corrected chi connectivity index (χ0v) is 11.1. The van der Waals surface area contributed by atoms with Crippen LogP contribution < -0.4 is 5.32 Å². The molecule has 1 atom stereocenters. The second kappa shape index (κ2) is 4.98. The van der Waals surface area contributed by atoms with Crippen molar-refractivity contribution in [3.8, 4) is 6.07 Å². The number of carbonyl (C=O) groups is 1. The third-order valence-corrected chi connectivity index (χ3v) is 2.94. The highest BCUT2D eigenvalue weighted by molar-refractivity contribution is 5.93. The minimum absolute atomic E-state index is 0.137. The Bertz CT molecular complexity index is 646. The van der Waals surface area contributed by atoms with Crippen molar-refractivity contribution in [1.29, 1.82) is 5.26 Å². The maximum atomic E-state index is 12.1. The maximum Gasteiger partial charge on any atom is 0.268 e. The standard InChI is InChI=1S/C13H15N5O/c1-9(11-6-15-18(3)8-11)16-13(19)12-4-10(5-14)7-17(12)2/h4,6-9H,1-3H3,(H,16,19). The largest absolute Gasteiger partial charge is 0.345 e. The lowest BCUT2D eigenvalue weighted by atomic mass is 10.2. The number of rotatable bonds is 3. The molecule has 1 N–H and O–H groups in total. The molecule has 2 heterocycles. The molecule has 0 radical (unpaired) electrons. The molecule has 0 aliphatic heterocycles. The fourth-order valence-corrected chi connectivity index (χ4v) is 1.87. The van der Waals surface area contributed by atoms with Gasteiger partial charge in [-0.1, -0.05) is 0 Å². The molecule has 19 heavy (non-hydrogen) atoms. The number of carbonyl (C=O) groups excluding carboxylic acids is 1. The summed E-state index contributed by atoms with van der Waals surface area (Å²) in [6.07, 6.45) is 5.21. The van der Waals surface area contributed by atoms with Crippen molar-refractivity contribution in [1.82, 2.24) is 19.7 Å². The summed E-state index contributed by atoms with van der Waals surface area (Å²) >= 11 is 0. The normalized spacial score (nSPS) is 11.9. The second-order valence-corrected chi connectivity index (χ2v) is 4.48. The van der Waals surface area contributed by atoms with Gasteiger partial charge in [0.2, 0.25) is 0 Å². The van der Waals surface area contributed by atoms with Gasteiger partial charge in [-0.3, -0.25) is 9.48 Å². The van der Waals surface area contributed by atoms with Crippen molar-refractivity contribution in [3.63, 3.8) is 0 Å². The van der Waals surface area contributed by atoms with E-state index in [1.54, 1.807) is 34.8 Å². The van der Waals surface area contributed by atoms with Crippen LogP contribution in [-0.4, -0.2) is 20.3 Å². The summed E-state index contributed by atoms with van der Waals surface area (Å²) in [7, 11) is 3.57. The van der Waals surface area contributed by atoms with Gasteiger partial charge in [0.05, 0.1) is 17.8 Å². The highest BCUT2D eigenvalue weighted by Crippen LogP contribution is 2.12. The molecule has 0 saturated carbocycles. The number of hydrogen-bond donors (Lipinski definition) is 1. The summed E-state index contributed by atoms with van der Waals surface area (Å²) in [4.78, 5) is 12.1. The Labute approximate surface area is 111 Å². The van der Waals surface area contributed by atoms with Gasteiger partial charge in [-0.15, -0.1) is 0 Å². The van der Waals surface area contributed by atoms with Crippen LogP contribution in [0.25, 0.3) is 0 Å². The first-order valence-corrected chi connectivity index (χ1v) is 5.87. The number of amides is 1. The Morgan fingerprint density at radius 2 is 2.21 bits per heavy atom. The van der Waals surface area contributed by atoms with Crippen molar-refractivity contribution in [2.45, 2.75) is 13.0 Å². The smallest absolute Gasteiger partial charge is 0.268 e. The van der Waals surface area contributed by atoms with E-state index in [9.17, 15) is 4.79 Å². The third kappa shape index (κ3) is 2.65. The highest BCUT2D eigenvalue weighted by Gasteiger charge is 2.16. The molecule has 0 spiro atoms. The van der Waals surface area contributed by atoms with Crippen LogP contribution in [0.4, 0.5) is 0 Å². The Hall–Kier alpha value is -2.55. The lowest BCUT2D eigenvalue weighted by Gasteiger charge is -2.12. The lowest BCUT2D eigenvalue weighted by molar-refractivity contribution is 0.0931. The predicted molar refractivity (Wildman–Crippen MR) is 69.2 cm³/mol. The van der Waals surface area contributed by atoms with Gasteiger partial charge in [-0.2, -0.15) is 10.4 Å². The zero-order valence-electron chi connectivity index (χ0n) is 11.1. The first-order chi connectivity index (χ1) is 9.01. The minimum atomic E-state index is -0.208. The SMILES string of the molecule is CC(NC(=O)c1cc(C#N)cn1C)c1cnn(C)c1. The van der Waals surface area contributed by atoms with Crippen molar-refractivity contribution in [2.75, 3.05) is 0 Å². The van der Waals surface area contributed by atoms with E-state index >= 15 is 0 Å². The van der Waals surface area contributed by atoms with Crippen LogP contribution in [-0.2, 0) is 14.1 Å². The van der Waals surface area contributed by atoms with Crippen molar-refractivity contribution in [3.05, 3.63) is 41.5 Å².